The maximum atomic E-state index is 12.3. The van der Waals surface area contributed by atoms with Crippen LogP contribution in [0.1, 0.15) is 28.8 Å². The molecule has 0 aliphatic carbocycles. The fraction of sp³-hybridized carbons (Fsp3) is 0.500. The third-order valence-corrected chi connectivity index (χ3v) is 4.31. The highest BCUT2D eigenvalue weighted by atomic mass is 32.2. The van der Waals surface area contributed by atoms with Gasteiger partial charge in [0.25, 0.3) is 0 Å². The quantitative estimate of drug-likeness (QED) is 0.818. The number of para-hydroxylation sites is 1. The molecule has 1 aliphatic heterocycles. The number of sulfone groups is 1. The molecule has 1 aromatic carbocycles. The first-order valence-electron chi connectivity index (χ1n) is 6.61. The summed E-state index contributed by atoms with van der Waals surface area (Å²) in [7, 11) is -3.12. The summed E-state index contributed by atoms with van der Waals surface area (Å²) in [6, 6.07) is 4.62. The molecule has 1 aromatic rings. The minimum absolute atomic E-state index is 0.0875. The lowest BCUT2D eigenvalue weighted by molar-refractivity contribution is 0.0954. The van der Waals surface area contributed by atoms with E-state index in [-0.39, 0.29) is 18.0 Å². The van der Waals surface area contributed by atoms with E-state index in [2.05, 4.69) is 0 Å². The molecule has 5 nitrogen and oxygen atoms in total. The zero-order chi connectivity index (χ0) is 14.8. The van der Waals surface area contributed by atoms with E-state index in [9.17, 15) is 13.2 Å². The van der Waals surface area contributed by atoms with E-state index in [0.29, 0.717) is 17.9 Å². The summed E-state index contributed by atoms with van der Waals surface area (Å²) in [5.74, 6) is 0.265. The highest BCUT2D eigenvalue weighted by Crippen LogP contribution is 2.29. The van der Waals surface area contributed by atoms with Crippen molar-refractivity contribution in [1.29, 1.82) is 0 Å². The SMILES string of the molecule is CS(=O)(=O)CCC(N)C(=O)c1cccc2c1OCCC2. The van der Waals surface area contributed by atoms with E-state index < -0.39 is 15.9 Å². The summed E-state index contributed by atoms with van der Waals surface area (Å²) in [4.78, 5) is 12.3. The number of ether oxygens (including phenoxy) is 1. The van der Waals surface area contributed by atoms with Crippen LogP contribution >= 0.6 is 0 Å². The molecule has 0 bridgehead atoms. The lowest BCUT2D eigenvalue weighted by atomic mass is 9.96. The van der Waals surface area contributed by atoms with Gasteiger partial charge in [0.2, 0.25) is 0 Å². The Hall–Kier alpha value is -1.40. The van der Waals surface area contributed by atoms with Crippen LogP contribution in [0.2, 0.25) is 0 Å². The highest BCUT2D eigenvalue weighted by molar-refractivity contribution is 7.90. The topological polar surface area (TPSA) is 86.5 Å². The standard InChI is InChI=1S/C14H19NO4S/c1-20(17,18)9-7-12(15)13(16)11-6-2-4-10-5-3-8-19-14(10)11/h2,4,6,12H,3,5,7-9,15H2,1H3. The van der Waals surface area contributed by atoms with Crippen LogP contribution in [0.15, 0.2) is 18.2 Å². The van der Waals surface area contributed by atoms with Crippen molar-refractivity contribution >= 4 is 15.6 Å². The van der Waals surface area contributed by atoms with Gasteiger partial charge in [0, 0.05) is 6.26 Å². The number of Topliss-reactive ketones (excluding diaryl/α,β-unsaturated/α-hetero) is 1. The van der Waals surface area contributed by atoms with Gasteiger partial charge in [0.1, 0.15) is 15.6 Å². The zero-order valence-electron chi connectivity index (χ0n) is 11.5. The number of benzene rings is 1. The van der Waals surface area contributed by atoms with E-state index >= 15 is 0 Å². The molecule has 1 unspecified atom stereocenters. The van der Waals surface area contributed by atoms with Gasteiger partial charge in [-0.15, -0.1) is 0 Å². The molecule has 2 N–H and O–H groups in total. The first-order chi connectivity index (χ1) is 9.38. The number of ketones is 1. The summed E-state index contributed by atoms with van der Waals surface area (Å²) >= 11 is 0. The molecule has 20 heavy (non-hydrogen) atoms. The Balaban J connectivity index is 2.17. The summed E-state index contributed by atoms with van der Waals surface area (Å²) in [5.41, 5.74) is 7.29. The Kier molecular flexibility index (Phi) is 4.45. The van der Waals surface area contributed by atoms with Gasteiger partial charge >= 0.3 is 0 Å². The van der Waals surface area contributed by atoms with Gasteiger partial charge in [-0.1, -0.05) is 12.1 Å². The number of aryl methyl sites for hydroxylation is 1. The minimum Gasteiger partial charge on any atom is -0.493 e. The number of carbonyl (C=O) groups excluding carboxylic acids is 1. The first kappa shape index (κ1) is 15.0. The summed E-state index contributed by atoms with van der Waals surface area (Å²) in [6.45, 7) is 0.593. The first-order valence-corrected chi connectivity index (χ1v) is 8.67. The number of carbonyl (C=O) groups is 1. The molecule has 0 radical (unpaired) electrons. The summed E-state index contributed by atoms with van der Waals surface area (Å²) in [5, 5.41) is 0. The smallest absolute Gasteiger partial charge is 0.183 e. The van der Waals surface area contributed by atoms with Crippen molar-refractivity contribution in [3.8, 4) is 5.75 Å². The van der Waals surface area contributed by atoms with Crippen molar-refractivity contribution in [2.24, 2.45) is 5.73 Å². The molecule has 0 saturated carbocycles. The Morgan fingerprint density at radius 2 is 2.20 bits per heavy atom. The van der Waals surface area contributed by atoms with Crippen LogP contribution in [0.3, 0.4) is 0 Å². The Bertz CT molecular complexity index is 610. The monoisotopic (exact) mass is 297 g/mol. The van der Waals surface area contributed by atoms with Crippen molar-refractivity contribution < 1.29 is 17.9 Å². The van der Waals surface area contributed by atoms with E-state index in [1.165, 1.54) is 0 Å². The third kappa shape index (κ3) is 3.58. The van der Waals surface area contributed by atoms with E-state index in [0.717, 1.165) is 24.7 Å². The molecule has 110 valence electrons. The number of fused-ring (bicyclic) bond motifs is 1. The van der Waals surface area contributed by atoms with Gasteiger partial charge < -0.3 is 10.5 Å². The maximum absolute atomic E-state index is 12.3. The molecule has 1 heterocycles. The van der Waals surface area contributed by atoms with Crippen LogP contribution in [0.25, 0.3) is 0 Å². The van der Waals surface area contributed by atoms with Gasteiger partial charge in [0.15, 0.2) is 5.78 Å². The van der Waals surface area contributed by atoms with Crippen LogP contribution in [-0.4, -0.2) is 38.9 Å². The van der Waals surface area contributed by atoms with Gasteiger partial charge in [-0.2, -0.15) is 0 Å². The number of hydrogen-bond acceptors (Lipinski definition) is 5. The largest absolute Gasteiger partial charge is 0.493 e. The fourth-order valence-corrected chi connectivity index (χ4v) is 2.94. The highest BCUT2D eigenvalue weighted by Gasteiger charge is 2.24. The van der Waals surface area contributed by atoms with Crippen molar-refractivity contribution in [2.45, 2.75) is 25.3 Å². The molecule has 0 saturated heterocycles. The Morgan fingerprint density at radius 3 is 2.90 bits per heavy atom. The number of hydrogen-bond donors (Lipinski definition) is 1. The van der Waals surface area contributed by atoms with Crippen molar-refractivity contribution in [1.82, 2.24) is 0 Å². The Morgan fingerprint density at radius 1 is 1.45 bits per heavy atom. The minimum atomic E-state index is -3.12. The fourth-order valence-electron chi connectivity index (χ4n) is 2.25. The lowest BCUT2D eigenvalue weighted by Crippen LogP contribution is -2.33. The summed E-state index contributed by atoms with van der Waals surface area (Å²) in [6.07, 6.45) is 3.08. The average molecular weight is 297 g/mol. The number of nitrogens with two attached hydrogens (primary N) is 1. The molecule has 1 aliphatic rings. The molecule has 0 spiro atoms. The van der Waals surface area contributed by atoms with Crippen LogP contribution in [0.5, 0.6) is 5.75 Å². The predicted octanol–water partition coefficient (Wildman–Crippen LogP) is 0.956. The van der Waals surface area contributed by atoms with Crippen molar-refractivity contribution in [3.63, 3.8) is 0 Å². The molecular formula is C14H19NO4S. The molecule has 0 fully saturated rings. The third-order valence-electron chi connectivity index (χ3n) is 3.34. The van der Waals surface area contributed by atoms with Crippen molar-refractivity contribution in [2.75, 3.05) is 18.6 Å². The zero-order valence-corrected chi connectivity index (χ0v) is 12.3. The van der Waals surface area contributed by atoms with Crippen molar-refractivity contribution in [3.05, 3.63) is 29.3 Å². The Labute approximate surface area is 119 Å². The summed E-state index contributed by atoms with van der Waals surface area (Å²) < 4.78 is 27.8. The maximum Gasteiger partial charge on any atom is 0.183 e. The van der Waals surface area contributed by atoms with Crippen LogP contribution < -0.4 is 10.5 Å². The normalized spacial score (nSPS) is 16.1. The second kappa shape index (κ2) is 5.93. The van der Waals surface area contributed by atoms with Gasteiger partial charge in [-0.25, -0.2) is 8.42 Å². The second-order valence-electron chi connectivity index (χ2n) is 5.14. The number of rotatable bonds is 5. The van der Waals surface area contributed by atoms with Gasteiger partial charge in [-0.05, 0) is 30.9 Å². The lowest BCUT2D eigenvalue weighted by Gasteiger charge is -2.21. The predicted molar refractivity (Wildman–Crippen MR) is 76.9 cm³/mol. The molecule has 6 heteroatoms. The van der Waals surface area contributed by atoms with Gasteiger partial charge in [0.05, 0.1) is 24.0 Å². The van der Waals surface area contributed by atoms with E-state index in [4.69, 9.17) is 10.5 Å². The second-order valence-corrected chi connectivity index (χ2v) is 7.39. The molecule has 0 aromatic heterocycles. The molecular weight excluding hydrogens is 278 g/mol. The van der Waals surface area contributed by atoms with Gasteiger partial charge in [-0.3, -0.25) is 4.79 Å². The van der Waals surface area contributed by atoms with Crippen LogP contribution in [0, 0.1) is 0 Å². The van der Waals surface area contributed by atoms with E-state index in [1.807, 2.05) is 12.1 Å². The van der Waals surface area contributed by atoms with E-state index in [1.54, 1.807) is 6.07 Å². The van der Waals surface area contributed by atoms with Crippen LogP contribution in [-0.2, 0) is 16.3 Å². The van der Waals surface area contributed by atoms with Crippen LogP contribution in [0.4, 0.5) is 0 Å². The molecule has 0 amide bonds. The average Bonchev–Trinajstić information content (AvgIpc) is 2.42. The molecule has 2 rings (SSSR count). The molecule has 1 atom stereocenters.